The second kappa shape index (κ2) is 8.31. The molecule has 2 unspecified atom stereocenters. The fourth-order valence-electron chi connectivity index (χ4n) is 4.39. The van der Waals surface area contributed by atoms with Crippen LogP contribution in [-0.2, 0) is 0 Å². The lowest BCUT2D eigenvalue weighted by Crippen LogP contribution is -2.42. The first-order valence-electron chi connectivity index (χ1n) is 10.6. The van der Waals surface area contributed by atoms with Crippen molar-refractivity contribution in [2.75, 3.05) is 4.90 Å². The molecular formula is C25H21N5O3. The molecule has 0 radical (unpaired) electrons. The summed E-state index contributed by atoms with van der Waals surface area (Å²) in [7, 11) is 0. The van der Waals surface area contributed by atoms with E-state index >= 15 is 0 Å². The quantitative estimate of drug-likeness (QED) is 0.334. The van der Waals surface area contributed by atoms with Crippen LogP contribution in [-0.4, -0.2) is 25.6 Å². The Morgan fingerprint density at radius 3 is 2.33 bits per heavy atom. The van der Waals surface area contributed by atoms with Crippen molar-refractivity contribution >= 4 is 17.5 Å². The summed E-state index contributed by atoms with van der Waals surface area (Å²) in [5.74, 6) is -0.113. The Kier molecular flexibility index (Phi) is 5.18. The molecule has 3 aromatic carbocycles. The van der Waals surface area contributed by atoms with E-state index in [0.29, 0.717) is 12.4 Å². The molecule has 0 saturated heterocycles. The van der Waals surface area contributed by atoms with Crippen LogP contribution in [0.15, 0.2) is 85.2 Å². The van der Waals surface area contributed by atoms with Crippen molar-refractivity contribution in [3.63, 3.8) is 0 Å². The van der Waals surface area contributed by atoms with Gasteiger partial charge in [0.2, 0.25) is 5.95 Å². The highest BCUT2D eigenvalue weighted by Crippen LogP contribution is 2.43. The molecule has 164 valence electrons. The van der Waals surface area contributed by atoms with Gasteiger partial charge in [0, 0.05) is 6.07 Å². The number of carbonyl (C=O) groups is 1. The van der Waals surface area contributed by atoms with Gasteiger partial charge in [-0.25, -0.2) is 4.68 Å². The lowest BCUT2D eigenvalue weighted by molar-refractivity contribution is -0.385. The van der Waals surface area contributed by atoms with Crippen LogP contribution in [0.3, 0.4) is 0 Å². The Hall–Kier alpha value is -4.33. The molecule has 0 aliphatic carbocycles. The number of fused-ring (bicyclic) bond motifs is 1. The maximum absolute atomic E-state index is 13.8. The molecule has 8 nitrogen and oxygen atoms in total. The summed E-state index contributed by atoms with van der Waals surface area (Å²) in [4.78, 5) is 30.9. The fourth-order valence-corrected chi connectivity index (χ4v) is 4.39. The Balaban J connectivity index is 1.67. The van der Waals surface area contributed by atoms with E-state index in [9.17, 15) is 14.9 Å². The van der Waals surface area contributed by atoms with E-state index < -0.39 is 10.8 Å². The van der Waals surface area contributed by atoms with Gasteiger partial charge in [0.05, 0.1) is 17.0 Å². The largest absolute Gasteiger partial charge is 0.282 e. The number of nitrogens with zero attached hydrogens (tertiary/aromatic N) is 5. The molecule has 1 aliphatic rings. The molecule has 0 fully saturated rings. The minimum atomic E-state index is -0.532. The number of nitro benzene ring substituents is 1. The first-order valence-corrected chi connectivity index (χ1v) is 10.6. The average molecular weight is 439 g/mol. The Labute approximate surface area is 190 Å². The van der Waals surface area contributed by atoms with E-state index in [1.807, 2.05) is 61.5 Å². The summed E-state index contributed by atoms with van der Waals surface area (Å²) >= 11 is 0. The molecule has 4 aromatic rings. The number of aromatic nitrogens is 3. The second-order valence-corrected chi connectivity index (χ2v) is 8.04. The van der Waals surface area contributed by atoms with Crippen LogP contribution in [0, 0.1) is 17.0 Å². The van der Waals surface area contributed by atoms with Crippen LogP contribution in [0.5, 0.6) is 0 Å². The summed E-state index contributed by atoms with van der Waals surface area (Å²) in [6.07, 6.45) is 1.97. The maximum atomic E-state index is 13.8. The standard InChI is InChI=1S/C25H21N5O3/c1-17-11-13-19(14-12-17)22-15-23(18-7-3-2-4-8-18)29-25(26-16-27-29)28(22)24(31)20-9-5-6-10-21(20)30(32)33/h2-14,16,22-23H,15H2,1H3. The lowest BCUT2D eigenvalue weighted by atomic mass is 9.91. The summed E-state index contributed by atoms with van der Waals surface area (Å²) in [5.41, 5.74) is 2.88. The van der Waals surface area contributed by atoms with Gasteiger partial charge in [0.1, 0.15) is 11.9 Å². The summed E-state index contributed by atoms with van der Waals surface area (Å²) in [5, 5.41) is 16.1. The van der Waals surface area contributed by atoms with Gasteiger partial charge in [-0.05, 0) is 30.5 Å². The highest BCUT2D eigenvalue weighted by Gasteiger charge is 2.41. The fraction of sp³-hybridized carbons (Fsp3) is 0.160. The maximum Gasteiger partial charge on any atom is 0.282 e. The van der Waals surface area contributed by atoms with E-state index in [4.69, 9.17) is 0 Å². The summed E-state index contributed by atoms with van der Waals surface area (Å²) < 4.78 is 1.73. The van der Waals surface area contributed by atoms with Crippen LogP contribution in [0.2, 0.25) is 0 Å². The highest BCUT2D eigenvalue weighted by atomic mass is 16.6. The number of carbonyl (C=O) groups excluding carboxylic acids is 1. The van der Waals surface area contributed by atoms with E-state index in [2.05, 4.69) is 10.1 Å². The first kappa shape index (κ1) is 20.6. The second-order valence-electron chi connectivity index (χ2n) is 8.04. The molecule has 2 heterocycles. The Morgan fingerprint density at radius 1 is 0.939 bits per heavy atom. The third-order valence-corrected chi connectivity index (χ3v) is 6.02. The zero-order chi connectivity index (χ0) is 22.9. The van der Waals surface area contributed by atoms with Crippen molar-refractivity contribution in [3.05, 3.63) is 118 Å². The molecule has 2 atom stereocenters. The zero-order valence-electron chi connectivity index (χ0n) is 17.9. The third kappa shape index (κ3) is 3.65. The molecule has 0 saturated carbocycles. The number of aryl methyl sites for hydroxylation is 1. The van der Waals surface area contributed by atoms with Gasteiger partial charge in [0.25, 0.3) is 11.6 Å². The number of anilines is 1. The number of hydrogen-bond donors (Lipinski definition) is 0. The molecule has 1 amide bonds. The molecule has 0 N–H and O–H groups in total. The summed E-state index contributed by atoms with van der Waals surface area (Å²) in [6.45, 7) is 2.00. The van der Waals surface area contributed by atoms with Crippen molar-refractivity contribution in [1.82, 2.24) is 14.8 Å². The molecule has 33 heavy (non-hydrogen) atoms. The van der Waals surface area contributed by atoms with E-state index in [-0.39, 0.29) is 23.3 Å². The highest BCUT2D eigenvalue weighted by molar-refractivity contribution is 6.08. The average Bonchev–Trinajstić information content (AvgIpc) is 3.33. The molecule has 0 spiro atoms. The SMILES string of the molecule is Cc1ccc(C2CC(c3ccccc3)n3ncnc3N2C(=O)c2ccccc2[N+](=O)[O-])cc1. The van der Waals surface area contributed by atoms with Gasteiger partial charge >= 0.3 is 0 Å². The van der Waals surface area contributed by atoms with Crippen molar-refractivity contribution in [1.29, 1.82) is 0 Å². The topological polar surface area (TPSA) is 94.2 Å². The van der Waals surface area contributed by atoms with Crippen molar-refractivity contribution in [2.24, 2.45) is 0 Å². The van der Waals surface area contributed by atoms with Gasteiger partial charge < -0.3 is 0 Å². The van der Waals surface area contributed by atoms with Crippen molar-refractivity contribution in [3.8, 4) is 0 Å². The normalized spacial score (nSPS) is 17.4. The minimum absolute atomic E-state index is 0.0207. The van der Waals surface area contributed by atoms with E-state index in [1.54, 1.807) is 21.7 Å². The predicted octanol–water partition coefficient (Wildman–Crippen LogP) is 4.88. The monoisotopic (exact) mass is 439 g/mol. The van der Waals surface area contributed by atoms with Gasteiger partial charge in [-0.2, -0.15) is 10.1 Å². The molecule has 1 aromatic heterocycles. The van der Waals surface area contributed by atoms with Gasteiger partial charge in [-0.1, -0.05) is 72.3 Å². The smallest absolute Gasteiger partial charge is 0.269 e. The number of para-hydroxylation sites is 1. The number of nitro groups is 1. The van der Waals surface area contributed by atoms with Gasteiger partial charge in [-0.15, -0.1) is 0 Å². The van der Waals surface area contributed by atoms with Crippen LogP contribution in [0.4, 0.5) is 11.6 Å². The molecule has 5 rings (SSSR count). The predicted molar refractivity (Wildman–Crippen MR) is 123 cm³/mol. The van der Waals surface area contributed by atoms with Crippen LogP contribution in [0.1, 0.15) is 45.6 Å². The summed E-state index contributed by atoms with van der Waals surface area (Å²) in [6, 6.07) is 23.4. The van der Waals surface area contributed by atoms with Crippen LogP contribution < -0.4 is 4.90 Å². The number of benzene rings is 3. The molecular weight excluding hydrogens is 418 g/mol. The molecule has 1 aliphatic heterocycles. The third-order valence-electron chi connectivity index (χ3n) is 6.02. The lowest BCUT2D eigenvalue weighted by Gasteiger charge is -2.39. The van der Waals surface area contributed by atoms with Crippen LogP contribution in [0.25, 0.3) is 0 Å². The van der Waals surface area contributed by atoms with Gasteiger partial charge in [0.15, 0.2) is 0 Å². The van der Waals surface area contributed by atoms with E-state index in [1.165, 1.54) is 18.5 Å². The minimum Gasteiger partial charge on any atom is -0.269 e. The Bertz CT molecular complexity index is 1320. The van der Waals surface area contributed by atoms with Crippen LogP contribution >= 0.6 is 0 Å². The van der Waals surface area contributed by atoms with E-state index in [0.717, 1.165) is 16.7 Å². The Morgan fingerprint density at radius 2 is 1.61 bits per heavy atom. The number of rotatable bonds is 4. The first-order chi connectivity index (χ1) is 16.0. The molecule has 8 heteroatoms. The van der Waals surface area contributed by atoms with Gasteiger partial charge in [-0.3, -0.25) is 19.8 Å². The number of hydrogen-bond acceptors (Lipinski definition) is 5. The molecule has 0 bridgehead atoms. The van der Waals surface area contributed by atoms with Crippen molar-refractivity contribution < 1.29 is 9.72 Å². The zero-order valence-corrected chi connectivity index (χ0v) is 17.9. The van der Waals surface area contributed by atoms with Crippen molar-refractivity contribution in [2.45, 2.75) is 25.4 Å². The number of amides is 1.